The highest BCUT2D eigenvalue weighted by molar-refractivity contribution is 7.92. The fraction of sp³-hybridized carbons (Fsp3) is 0.556. The average molecular weight is 475 g/mol. The van der Waals surface area contributed by atoms with E-state index in [2.05, 4.69) is 40.4 Å². The molecule has 0 unspecified atom stereocenters. The summed E-state index contributed by atoms with van der Waals surface area (Å²) in [6.45, 7) is 5.68. The van der Waals surface area contributed by atoms with Gasteiger partial charge in [0, 0.05) is 25.4 Å². The van der Waals surface area contributed by atoms with Crippen LogP contribution in [0.15, 0.2) is 54.6 Å². The van der Waals surface area contributed by atoms with Crippen molar-refractivity contribution in [1.82, 2.24) is 5.32 Å². The van der Waals surface area contributed by atoms with Crippen molar-refractivity contribution in [3.8, 4) is 0 Å². The standard InChI is InChI=1S/C27H42N2O3S/c1-2-3-23-33(30,31)29-27-18-16-25(17-19-27)13-9-12-22-32-21-11-5-4-10-20-28-24-26-14-7-6-8-15-26/h6-8,14-19,28-29H,2-5,9-13,20-24H2,1H3. The smallest absolute Gasteiger partial charge is 0.232 e. The van der Waals surface area contributed by atoms with Crippen LogP contribution in [0.2, 0.25) is 0 Å². The first kappa shape index (κ1) is 27.4. The maximum absolute atomic E-state index is 12.0. The molecule has 0 atom stereocenters. The third-order valence-electron chi connectivity index (χ3n) is 5.56. The Morgan fingerprint density at radius 3 is 2.18 bits per heavy atom. The number of rotatable bonds is 19. The molecule has 0 amide bonds. The fourth-order valence-electron chi connectivity index (χ4n) is 3.58. The molecule has 0 bridgehead atoms. The first-order valence-corrected chi connectivity index (χ1v) is 14.2. The molecule has 0 radical (unpaired) electrons. The molecule has 5 nitrogen and oxygen atoms in total. The van der Waals surface area contributed by atoms with Crippen LogP contribution < -0.4 is 10.0 Å². The van der Waals surface area contributed by atoms with E-state index < -0.39 is 10.0 Å². The molecular weight excluding hydrogens is 432 g/mol. The summed E-state index contributed by atoms with van der Waals surface area (Å²) < 4.78 is 32.3. The molecule has 0 aromatic heterocycles. The van der Waals surface area contributed by atoms with Crippen LogP contribution in [0.3, 0.4) is 0 Å². The summed E-state index contributed by atoms with van der Waals surface area (Å²) in [5.74, 6) is 0.178. The van der Waals surface area contributed by atoms with Gasteiger partial charge in [0.25, 0.3) is 0 Å². The number of sulfonamides is 1. The van der Waals surface area contributed by atoms with E-state index in [0.717, 1.165) is 58.4 Å². The van der Waals surface area contributed by atoms with Gasteiger partial charge in [0.15, 0.2) is 0 Å². The van der Waals surface area contributed by atoms with Crippen LogP contribution in [0.4, 0.5) is 5.69 Å². The van der Waals surface area contributed by atoms with Crippen molar-refractivity contribution < 1.29 is 13.2 Å². The highest BCUT2D eigenvalue weighted by Crippen LogP contribution is 2.14. The Kier molecular flexibility index (Phi) is 13.8. The lowest BCUT2D eigenvalue weighted by Gasteiger charge is -2.09. The van der Waals surface area contributed by atoms with Gasteiger partial charge >= 0.3 is 0 Å². The lowest BCUT2D eigenvalue weighted by molar-refractivity contribution is 0.126. The van der Waals surface area contributed by atoms with Gasteiger partial charge in [-0.2, -0.15) is 0 Å². The van der Waals surface area contributed by atoms with Crippen molar-refractivity contribution in [3.63, 3.8) is 0 Å². The minimum Gasteiger partial charge on any atom is -0.381 e. The number of hydrogen-bond donors (Lipinski definition) is 2. The van der Waals surface area contributed by atoms with Gasteiger partial charge in [0.1, 0.15) is 0 Å². The largest absolute Gasteiger partial charge is 0.381 e. The summed E-state index contributed by atoms with van der Waals surface area (Å²) in [7, 11) is -3.23. The molecule has 0 saturated heterocycles. The number of hydrogen-bond acceptors (Lipinski definition) is 4. The van der Waals surface area contributed by atoms with Gasteiger partial charge in [0.05, 0.1) is 5.75 Å². The van der Waals surface area contributed by atoms with E-state index >= 15 is 0 Å². The minimum absolute atomic E-state index is 0.178. The number of ether oxygens (including phenoxy) is 1. The summed E-state index contributed by atoms with van der Waals surface area (Å²) in [5, 5.41) is 3.50. The van der Waals surface area contributed by atoms with Crippen molar-refractivity contribution in [2.75, 3.05) is 30.2 Å². The molecule has 0 heterocycles. The van der Waals surface area contributed by atoms with E-state index in [4.69, 9.17) is 4.74 Å². The van der Waals surface area contributed by atoms with Crippen molar-refractivity contribution in [3.05, 3.63) is 65.7 Å². The second-order valence-corrected chi connectivity index (χ2v) is 10.5. The summed E-state index contributed by atoms with van der Waals surface area (Å²) in [6.07, 6.45) is 9.49. The fourth-order valence-corrected chi connectivity index (χ4v) is 4.84. The van der Waals surface area contributed by atoms with Crippen LogP contribution >= 0.6 is 0 Å². The highest BCUT2D eigenvalue weighted by Gasteiger charge is 2.09. The van der Waals surface area contributed by atoms with Gasteiger partial charge in [-0.25, -0.2) is 8.42 Å². The topological polar surface area (TPSA) is 67.4 Å². The molecule has 0 fully saturated rings. The quantitative estimate of drug-likeness (QED) is 0.248. The lowest BCUT2D eigenvalue weighted by Crippen LogP contribution is -2.16. The summed E-state index contributed by atoms with van der Waals surface area (Å²) in [4.78, 5) is 0. The zero-order valence-corrected chi connectivity index (χ0v) is 21.0. The Labute approximate surface area is 201 Å². The number of nitrogens with one attached hydrogen (secondary N) is 2. The molecule has 2 aromatic carbocycles. The van der Waals surface area contributed by atoms with Gasteiger partial charge in [-0.05, 0) is 68.3 Å². The summed E-state index contributed by atoms with van der Waals surface area (Å²) in [6, 6.07) is 18.2. The first-order valence-electron chi connectivity index (χ1n) is 12.5. The molecule has 0 spiro atoms. The Balaban J connectivity index is 1.40. The minimum atomic E-state index is -3.23. The zero-order valence-electron chi connectivity index (χ0n) is 20.2. The van der Waals surface area contributed by atoms with E-state index in [1.165, 1.54) is 30.4 Å². The van der Waals surface area contributed by atoms with Crippen molar-refractivity contribution in [2.24, 2.45) is 0 Å². The van der Waals surface area contributed by atoms with Crippen LogP contribution in [0.1, 0.15) is 69.4 Å². The van der Waals surface area contributed by atoms with E-state index in [-0.39, 0.29) is 5.75 Å². The number of unbranched alkanes of at least 4 members (excludes halogenated alkanes) is 5. The van der Waals surface area contributed by atoms with Gasteiger partial charge in [0.2, 0.25) is 10.0 Å². The average Bonchev–Trinajstić information content (AvgIpc) is 2.82. The zero-order chi connectivity index (χ0) is 23.6. The molecule has 2 N–H and O–H groups in total. The molecule has 2 rings (SSSR count). The Morgan fingerprint density at radius 2 is 1.45 bits per heavy atom. The first-order chi connectivity index (χ1) is 16.1. The Morgan fingerprint density at radius 1 is 0.758 bits per heavy atom. The second kappa shape index (κ2) is 16.7. The summed E-state index contributed by atoms with van der Waals surface area (Å²) >= 11 is 0. The lowest BCUT2D eigenvalue weighted by atomic mass is 10.1. The third-order valence-corrected chi connectivity index (χ3v) is 6.94. The second-order valence-electron chi connectivity index (χ2n) is 8.62. The van der Waals surface area contributed by atoms with Crippen molar-refractivity contribution in [1.29, 1.82) is 0 Å². The number of aryl methyl sites for hydroxylation is 1. The van der Waals surface area contributed by atoms with Crippen LogP contribution in [-0.2, 0) is 27.7 Å². The number of anilines is 1. The monoisotopic (exact) mass is 474 g/mol. The molecule has 0 aliphatic carbocycles. The Bertz CT molecular complexity index is 839. The maximum Gasteiger partial charge on any atom is 0.232 e. The maximum atomic E-state index is 12.0. The van der Waals surface area contributed by atoms with Gasteiger partial charge in [-0.1, -0.05) is 68.7 Å². The summed E-state index contributed by atoms with van der Waals surface area (Å²) in [5.41, 5.74) is 3.21. The normalized spacial score (nSPS) is 11.5. The van der Waals surface area contributed by atoms with E-state index in [1.807, 2.05) is 31.2 Å². The van der Waals surface area contributed by atoms with Crippen LogP contribution in [-0.4, -0.2) is 33.9 Å². The SMILES string of the molecule is CCCCS(=O)(=O)Nc1ccc(CCCCOCCCCCCNCc2ccccc2)cc1. The van der Waals surface area contributed by atoms with Crippen LogP contribution in [0.5, 0.6) is 0 Å². The number of benzene rings is 2. The van der Waals surface area contributed by atoms with Crippen LogP contribution in [0.25, 0.3) is 0 Å². The highest BCUT2D eigenvalue weighted by atomic mass is 32.2. The molecule has 2 aromatic rings. The predicted octanol–water partition coefficient (Wildman–Crippen LogP) is 5.92. The van der Waals surface area contributed by atoms with Gasteiger partial charge in [-0.3, -0.25) is 4.72 Å². The van der Waals surface area contributed by atoms with E-state index in [0.29, 0.717) is 12.1 Å². The molecule has 6 heteroatoms. The van der Waals surface area contributed by atoms with Gasteiger partial charge in [-0.15, -0.1) is 0 Å². The van der Waals surface area contributed by atoms with Crippen LogP contribution in [0, 0.1) is 0 Å². The van der Waals surface area contributed by atoms with E-state index in [9.17, 15) is 8.42 Å². The molecule has 0 saturated carbocycles. The molecule has 33 heavy (non-hydrogen) atoms. The molecule has 0 aliphatic heterocycles. The predicted molar refractivity (Wildman–Crippen MR) is 139 cm³/mol. The Hall–Kier alpha value is -1.89. The van der Waals surface area contributed by atoms with Crippen molar-refractivity contribution in [2.45, 2.75) is 71.3 Å². The van der Waals surface area contributed by atoms with Crippen molar-refractivity contribution >= 4 is 15.7 Å². The molecule has 0 aliphatic rings. The van der Waals surface area contributed by atoms with E-state index in [1.54, 1.807) is 0 Å². The molecule has 184 valence electrons. The third kappa shape index (κ3) is 13.4. The molecular formula is C27H42N2O3S. The van der Waals surface area contributed by atoms with Gasteiger partial charge < -0.3 is 10.1 Å².